The highest BCUT2D eigenvalue weighted by Crippen LogP contribution is 2.03. The second-order valence-electron chi connectivity index (χ2n) is 2.84. The quantitative estimate of drug-likeness (QED) is 0.372. The molecule has 6 nitrogen and oxygen atoms in total. The lowest BCUT2D eigenvalue weighted by atomic mass is 10.2. The predicted octanol–water partition coefficient (Wildman–Crippen LogP) is -2.62. The number of carbonyl (C=O) groups is 2. The van der Waals surface area contributed by atoms with E-state index in [1.54, 1.807) is 0 Å². The zero-order valence-corrected chi connectivity index (χ0v) is 6.46. The standard InChI is InChI=1S/C6H10N4O2/c11-5-3-10-4(1-7-5)9-8-2-6(10)12/h4,8-9H,1-3H2,(H,7,11). The van der Waals surface area contributed by atoms with E-state index in [0.29, 0.717) is 6.54 Å². The molecule has 1 unspecified atom stereocenters. The van der Waals surface area contributed by atoms with Gasteiger partial charge in [-0.15, -0.1) is 0 Å². The zero-order chi connectivity index (χ0) is 8.55. The number of piperazine rings is 1. The van der Waals surface area contributed by atoms with E-state index in [2.05, 4.69) is 16.2 Å². The van der Waals surface area contributed by atoms with Crippen molar-refractivity contribution < 1.29 is 9.59 Å². The van der Waals surface area contributed by atoms with Crippen molar-refractivity contribution in [1.82, 2.24) is 21.1 Å². The van der Waals surface area contributed by atoms with Crippen molar-refractivity contribution in [3.8, 4) is 0 Å². The van der Waals surface area contributed by atoms with Gasteiger partial charge in [0.1, 0.15) is 12.7 Å². The van der Waals surface area contributed by atoms with Gasteiger partial charge in [0.2, 0.25) is 11.8 Å². The van der Waals surface area contributed by atoms with E-state index in [1.165, 1.54) is 4.90 Å². The Morgan fingerprint density at radius 3 is 3.08 bits per heavy atom. The number of carbonyl (C=O) groups excluding carboxylic acids is 2. The zero-order valence-electron chi connectivity index (χ0n) is 6.46. The summed E-state index contributed by atoms with van der Waals surface area (Å²) in [6.07, 6.45) is -0.0936. The molecule has 2 aliphatic heterocycles. The molecule has 0 aromatic heterocycles. The number of hydrogen-bond donors (Lipinski definition) is 3. The van der Waals surface area contributed by atoms with E-state index in [4.69, 9.17) is 0 Å². The van der Waals surface area contributed by atoms with Gasteiger partial charge in [-0.25, -0.2) is 10.9 Å². The van der Waals surface area contributed by atoms with Crippen LogP contribution in [0.4, 0.5) is 0 Å². The third-order valence-electron chi connectivity index (χ3n) is 2.01. The fourth-order valence-electron chi connectivity index (χ4n) is 1.38. The van der Waals surface area contributed by atoms with Gasteiger partial charge in [-0.05, 0) is 0 Å². The summed E-state index contributed by atoms with van der Waals surface area (Å²) in [4.78, 5) is 23.7. The highest BCUT2D eigenvalue weighted by atomic mass is 16.2. The normalized spacial score (nSPS) is 29.7. The molecule has 2 fully saturated rings. The Kier molecular flexibility index (Phi) is 1.70. The minimum atomic E-state index is -0.0942. The van der Waals surface area contributed by atoms with Gasteiger partial charge < -0.3 is 10.2 Å². The second kappa shape index (κ2) is 2.72. The van der Waals surface area contributed by atoms with Crippen molar-refractivity contribution in [3.05, 3.63) is 0 Å². The van der Waals surface area contributed by atoms with Crippen LogP contribution in [0.25, 0.3) is 0 Å². The van der Waals surface area contributed by atoms with Crippen LogP contribution >= 0.6 is 0 Å². The lowest BCUT2D eigenvalue weighted by Crippen LogP contribution is -2.69. The summed E-state index contributed by atoms with van der Waals surface area (Å²) in [5.41, 5.74) is 5.67. The predicted molar refractivity (Wildman–Crippen MR) is 39.6 cm³/mol. The maximum atomic E-state index is 11.2. The summed E-state index contributed by atoms with van der Waals surface area (Å²) in [6.45, 7) is 0.888. The van der Waals surface area contributed by atoms with Crippen LogP contribution in [0.15, 0.2) is 0 Å². The lowest BCUT2D eigenvalue weighted by molar-refractivity contribution is -0.145. The summed E-state index contributed by atoms with van der Waals surface area (Å²) in [5, 5.41) is 2.67. The van der Waals surface area contributed by atoms with Crippen molar-refractivity contribution >= 4 is 11.8 Å². The molecule has 2 saturated heterocycles. The van der Waals surface area contributed by atoms with Gasteiger partial charge in [0.15, 0.2) is 0 Å². The molecular weight excluding hydrogens is 160 g/mol. The molecule has 0 radical (unpaired) electrons. The van der Waals surface area contributed by atoms with Crippen molar-refractivity contribution in [2.75, 3.05) is 19.6 Å². The lowest BCUT2D eigenvalue weighted by Gasteiger charge is -2.39. The Morgan fingerprint density at radius 1 is 1.42 bits per heavy atom. The molecule has 2 heterocycles. The first-order chi connectivity index (χ1) is 5.77. The Hall–Kier alpha value is -1.14. The third kappa shape index (κ3) is 1.15. The Labute approximate surface area is 69.3 Å². The first-order valence-corrected chi connectivity index (χ1v) is 3.82. The first kappa shape index (κ1) is 7.51. The van der Waals surface area contributed by atoms with Crippen molar-refractivity contribution in [3.63, 3.8) is 0 Å². The maximum absolute atomic E-state index is 11.2. The molecule has 0 aliphatic carbocycles. The minimum absolute atomic E-state index is 0.0337. The molecule has 0 saturated carbocycles. The first-order valence-electron chi connectivity index (χ1n) is 3.82. The van der Waals surface area contributed by atoms with Crippen molar-refractivity contribution in [1.29, 1.82) is 0 Å². The van der Waals surface area contributed by atoms with Crippen LogP contribution in [0.3, 0.4) is 0 Å². The van der Waals surface area contributed by atoms with E-state index in [1.807, 2.05) is 0 Å². The molecule has 2 aliphatic rings. The molecule has 1 atom stereocenters. The van der Waals surface area contributed by atoms with Crippen LogP contribution in [0.2, 0.25) is 0 Å². The molecule has 0 aromatic rings. The monoisotopic (exact) mass is 170 g/mol. The summed E-state index contributed by atoms with van der Waals surface area (Å²) in [6, 6.07) is 0. The summed E-state index contributed by atoms with van der Waals surface area (Å²) < 4.78 is 0. The fraction of sp³-hybridized carbons (Fsp3) is 0.667. The van der Waals surface area contributed by atoms with E-state index < -0.39 is 0 Å². The minimum Gasteiger partial charge on any atom is -0.351 e. The van der Waals surface area contributed by atoms with Crippen LogP contribution < -0.4 is 16.2 Å². The van der Waals surface area contributed by atoms with Crippen LogP contribution in [0.5, 0.6) is 0 Å². The molecule has 2 rings (SSSR count). The van der Waals surface area contributed by atoms with Gasteiger partial charge in [0, 0.05) is 0 Å². The highest BCUT2D eigenvalue weighted by molar-refractivity contribution is 5.87. The number of hydrogen-bond acceptors (Lipinski definition) is 4. The topological polar surface area (TPSA) is 73.5 Å². The molecule has 3 N–H and O–H groups in total. The Balaban J connectivity index is 2.10. The number of hydrazine groups is 1. The van der Waals surface area contributed by atoms with Gasteiger partial charge in [0.25, 0.3) is 0 Å². The van der Waals surface area contributed by atoms with Gasteiger partial charge in [0.05, 0.1) is 13.1 Å². The third-order valence-corrected chi connectivity index (χ3v) is 2.01. The molecule has 0 aromatic carbocycles. The van der Waals surface area contributed by atoms with Crippen LogP contribution in [0, 0.1) is 0 Å². The Bertz CT molecular complexity index is 230. The number of rotatable bonds is 0. The summed E-state index contributed by atoms with van der Waals surface area (Å²) in [5.74, 6) is -0.128. The van der Waals surface area contributed by atoms with Gasteiger partial charge in [-0.3, -0.25) is 9.59 Å². The highest BCUT2D eigenvalue weighted by Gasteiger charge is 2.32. The van der Waals surface area contributed by atoms with Crippen LogP contribution in [-0.4, -0.2) is 42.5 Å². The van der Waals surface area contributed by atoms with Crippen LogP contribution in [0.1, 0.15) is 0 Å². The van der Waals surface area contributed by atoms with E-state index >= 15 is 0 Å². The number of nitrogens with one attached hydrogen (secondary N) is 3. The number of nitrogens with zero attached hydrogens (tertiary/aromatic N) is 1. The fourth-order valence-corrected chi connectivity index (χ4v) is 1.38. The van der Waals surface area contributed by atoms with E-state index in [-0.39, 0.29) is 31.1 Å². The van der Waals surface area contributed by atoms with Crippen molar-refractivity contribution in [2.24, 2.45) is 0 Å². The van der Waals surface area contributed by atoms with Crippen molar-refractivity contribution in [2.45, 2.75) is 6.17 Å². The maximum Gasteiger partial charge on any atom is 0.239 e. The van der Waals surface area contributed by atoms with E-state index in [9.17, 15) is 9.59 Å². The van der Waals surface area contributed by atoms with E-state index in [0.717, 1.165) is 0 Å². The van der Waals surface area contributed by atoms with Crippen LogP contribution in [-0.2, 0) is 9.59 Å². The SMILES string of the molecule is O=C1CN2C(=O)CNNC2CN1. The second-order valence-corrected chi connectivity index (χ2v) is 2.84. The number of amides is 2. The molecule has 66 valence electrons. The average Bonchev–Trinajstić information content (AvgIpc) is 2.07. The number of fused-ring (bicyclic) bond motifs is 1. The molecule has 0 spiro atoms. The molecule has 2 amide bonds. The molecule has 12 heavy (non-hydrogen) atoms. The summed E-state index contributed by atoms with van der Waals surface area (Å²) >= 11 is 0. The summed E-state index contributed by atoms with van der Waals surface area (Å²) in [7, 11) is 0. The van der Waals surface area contributed by atoms with Gasteiger partial charge in [-0.1, -0.05) is 0 Å². The molecule has 6 heteroatoms. The Morgan fingerprint density at radius 2 is 2.25 bits per heavy atom. The van der Waals surface area contributed by atoms with Gasteiger partial charge in [-0.2, -0.15) is 0 Å². The average molecular weight is 170 g/mol. The smallest absolute Gasteiger partial charge is 0.239 e. The molecule has 0 bridgehead atoms. The molecular formula is C6H10N4O2. The van der Waals surface area contributed by atoms with Gasteiger partial charge >= 0.3 is 0 Å². The largest absolute Gasteiger partial charge is 0.351 e.